The maximum absolute atomic E-state index is 11.5. The van der Waals surface area contributed by atoms with E-state index in [1.54, 1.807) is 30.3 Å². The predicted molar refractivity (Wildman–Crippen MR) is 64.0 cm³/mol. The Bertz CT molecular complexity index is 470. The first-order chi connectivity index (χ1) is 7.94. The molecule has 0 radical (unpaired) electrons. The van der Waals surface area contributed by atoms with Gasteiger partial charge in [0.1, 0.15) is 0 Å². The Morgan fingerprint density at radius 2 is 1.94 bits per heavy atom. The van der Waals surface area contributed by atoms with Crippen molar-refractivity contribution in [1.29, 1.82) is 0 Å². The standard InChI is InChI=1S/C11H15NO4S/c1-2-17(15,16)12-10(8-11(13)14)9-6-4-3-5-7-9/h3-7,10,12H,2,8H2,1H3,(H,13,14). The van der Waals surface area contributed by atoms with Crippen LogP contribution in [0, 0.1) is 0 Å². The topological polar surface area (TPSA) is 83.5 Å². The molecule has 0 heterocycles. The van der Waals surface area contributed by atoms with E-state index in [1.807, 2.05) is 0 Å². The van der Waals surface area contributed by atoms with Crippen molar-refractivity contribution in [2.75, 3.05) is 5.75 Å². The lowest BCUT2D eigenvalue weighted by atomic mass is 10.1. The Labute approximate surface area is 101 Å². The quantitative estimate of drug-likeness (QED) is 0.800. The maximum Gasteiger partial charge on any atom is 0.305 e. The van der Waals surface area contributed by atoms with Crippen LogP contribution in [0.1, 0.15) is 24.9 Å². The summed E-state index contributed by atoms with van der Waals surface area (Å²) in [4.78, 5) is 10.7. The van der Waals surface area contributed by atoms with Gasteiger partial charge >= 0.3 is 5.97 Å². The summed E-state index contributed by atoms with van der Waals surface area (Å²) >= 11 is 0. The third-order valence-corrected chi connectivity index (χ3v) is 3.69. The van der Waals surface area contributed by atoms with Crippen LogP contribution in [0.4, 0.5) is 0 Å². The van der Waals surface area contributed by atoms with Crippen LogP contribution in [0.15, 0.2) is 30.3 Å². The van der Waals surface area contributed by atoms with E-state index in [9.17, 15) is 13.2 Å². The molecule has 1 unspecified atom stereocenters. The van der Waals surface area contributed by atoms with E-state index in [0.29, 0.717) is 5.56 Å². The molecular formula is C11H15NO4S. The molecule has 0 amide bonds. The van der Waals surface area contributed by atoms with Gasteiger partial charge in [0.25, 0.3) is 0 Å². The fraction of sp³-hybridized carbons (Fsp3) is 0.364. The lowest BCUT2D eigenvalue weighted by Gasteiger charge is -2.16. The van der Waals surface area contributed by atoms with E-state index in [1.165, 1.54) is 6.92 Å². The number of hydrogen-bond acceptors (Lipinski definition) is 3. The number of carbonyl (C=O) groups is 1. The Morgan fingerprint density at radius 1 is 1.35 bits per heavy atom. The minimum Gasteiger partial charge on any atom is -0.481 e. The van der Waals surface area contributed by atoms with Crippen LogP contribution in [0.2, 0.25) is 0 Å². The first-order valence-electron chi connectivity index (χ1n) is 5.21. The van der Waals surface area contributed by atoms with Crippen LogP contribution in [-0.4, -0.2) is 25.2 Å². The Morgan fingerprint density at radius 3 is 2.41 bits per heavy atom. The normalized spacial score (nSPS) is 13.2. The van der Waals surface area contributed by atoms with Gasteiger partial charge in [-0.25, -0.2) is 13.1 Å². The highest BCUT2D eigenvalue weighted by atomic mass is 32.2. The minimum atomic E-state index is -3.43. The summed E-state index contributed by atoms with van der Waals surface area (Å²) in [6.07, 6.45) is -0.275. The first kappa shape index (κ1) is 13.7. The molecule has 0 saturated carbocycles. The number of sulfonamides is 1. The highest BCUT2D eigenvalue weighted by Crippen LogP contribution is 2.17. The second-order valence-corrected chi connectivity index (χ2v) is 5.62. The molecule has 0 aliphatic heterocycles. The summed E-state index contributed by atoms with van der Waals surface area (Å²) in [5, 5.41) is 8.78. The van der Waals surface area contributed by atoms with Crippen LogP contribution in [-0.2, 0) is 14.8 Å². The van der Waals surface area contributed by atoms with Crippen molar-refractivity contribution in [2.24, 2.45) is 0 Å². The van der Waals surface area contributed by atoms with Gasteiger partial charge < -0.3 is 5.11 Å². The van der Waals surface area contributed by atoms with E-state index in [4.69, 9.17) is 5.11 Å². The molecule has 1 rings (SSSR count). The zero-order valence-electron chi connectivity index (χ0n) is 9.46. The highest BCUT2D eigenvalue weighted by molar-refractivity contribution is 7.89. The van der Waals surface area contributed by atoms with Gasteiger partial charge in [-0.3, -0.25) is 4.79 Å². The summed E-state index contributed by atoms with van der Waals surface area (Å²) in [5.74, 6) is -1.12. The minimum absolute atomic E-state index is 0.0735. The average Bonchev–Trinajstić information content (AvgIpc) is 2.28. The van der Waals surface area contributed by atoms with Crippen molar-refractivity contribution < 1.29 is 18.3 Å². The van der Waals surface area contributed by atoms with Gasteiger partial charge in [-0.2, -0.15) is 0 Å². The fourth-order valence-corrected chi connectivity index (χ4v) is 2.21. The van der Waals surface area contributed by atoms with E-state index < -0.39 is 22.0 Å². The van der Waals surface area contributed by atoms with Crippen LogP contribution in [0.25, 0.3) is 0 Å². The summed E-state index contributed by atoms with van der Waals surface area (Å²) in [5.41, 5.74) is 0.645. The Balaban J connectivity index is 2.93. The number of aliphatic carboxylic acids is 1. The number of carboxylic acids is 1. The van der Waals surface area contributed by atoms with E-state index in [0.717, 1.165) is 0 Å². The van der Waals surface area contributed by atoms with E-state index in [2.05, 4.69) is 4.72 Å². The number of hydrogen-bond donors (Lipinski definition) is 2. The van der Waals surface area contributed by atoms with Gasteiger partial charge in [-0.1, -0.05) is 30.3 Å². The monoisotopic (exact) mass is 257 g/mol. The van der Waals surface area contributed by atoms with Crippen LogP contribution in [0.3, 0.4) is 0 Å². The Hall–Kier alpha value is -1.40. The van der Waals surface area contributed by atoms with Crippen molar-refractivity contribution in [1.82, 2.24) is 4.72 Å². The van der Waals surface area contributed by atoms with Crippen LogP contribution >= 0.6 is 0 Å². The third kappa shape index (κ3) is 4.54. The smallest absolute Gasteiger partial charge is 0.305 e. The predicted octanol–water partition coefficient (Wildman–Crippen LogP) is 1.14. The second-order valence-electron chi connectivity index (χ2n) is 3.58. The van der Waals surface area contributed by atoms with Gasteiger partial charge in [0.2, 0.25) is 10.0 Å². The van der Waals surface area contributed by atoms with Crippen molar-refractivity contribution in [3.8, 4) is 0 Å². The number of carboxylic acid groups (broad SMARTS) is 1. The van der Waals surface area contributed by atoms with Gasteiger partial charge in [-0.15, -0.1) is 0 Å². The number of rotatable bonds is 6. The molecule has 0 saturated heterocycles. The van der Waals surface area contributed by atoms with Crippen LogP contribution < -0.4 is 4.72 Å². The largest absolute Gasteiger partial charge is 0.481 e. The molecule has 5 nitrogen and oxygen atoms in total. The lowest BCUT2D eigenvalue weighted by Crippen LogP contribution is -2.31. The van der Waals surface area contributed by atoms with Gasteiger partial charge in [0, 0.05) is 0 Å². The summed E-state index contributed by atoms with van der Waals surface area (Å²) in [6.45, 7) is 1.51. The average molecular weight is 257 g/mol. The number of nitrogens with one attached hydrogen (secondary N) is 1. The zero-order chi connectivity index (χ0) is 12.9. The van der Waals surface area contributed by atoms with Gasteiger partial charge in [-0.05, 0) is 12.5 Å². The lowest BCUT2D eigenvalue weighted by molar-refractivity contribution is -0.137. The second kappa shape index (κ2) is 5.79. The molecule has 2 N–H and O–H groups in total. The molecule has 6 heteroatoms. The summed E-state index contributed by atoms with van der Waals surface area (Å²) in [6, 6.07) is 7.95. The highest BCUT2D eigenvalue weighted by Gasteiger charge is 2.20. The van der Waals surface area contributed by atoms with E-state index in [-0.39, 0.29) is 12.2 Å². The molecule has 0 aliphatic carbocycles. The summed E-state index contributed by atoms with van der Waals surface area (Å²) in [7, 11) is -3.43. The first-order valence-corrected chi connectivity index (χ1v) is 6.86. The Kier molecular flexibility index (Phi) is 4.65. The molecule has 0 spiro atoms. The van der Waals surface area contributed by atoms with Gasteiger partial charge in [0.05, 0.1) is 18.2 Å². The molecule has 0 aliphatic rings. The van der Waals surface area contributed by atoms with Gasteiger partial charge in [0.15, 0.2) is 0 Å². The SMILES string of the molecule is CCS(=O)(=O)NC(CC(=O)O)c1ccccc1. The maximum atomic E-state index is 11.5. The fourth-order valence-electron chi connectivity index (χ4n) is 1.39. The van der Waals surface area contributed by atoms with E-state index >= 15 is 0 Å². The molecule has 1 aromatic carbocycles. The molecule has 17 heavy (non-hydrogen) atoms. The molecular weight excluding hydrogens is 242 g/mol. The number of benzene rings is 1. The molecule has 0 aromatic heterocycles. The summed E-state index contributed by atoms with van der Waals surface area (Å²) < 4.78 is 25.3. The van der Waals surface area contributed by atoms with Crippen LogP contribution in [0.5, 0.6) is 0 Å². The van der Waals surface area contributed by atoms with Crippen molar-refractivity contribution in [2.45, 2.75) is 19.4 Å². The molecule has 0 bridgehead atoms. The molecule has 94 valence electrons. The molecule has 1 atom stereocenters. The molecule has 1 aromatic rings. The molecule has 0 fully saturated rings. The van der Waals surface area contributed by atoms with Crippen molar-refractivity contribution >= 4 is 16.0 Å². The zero-order valence-corrected chi connectivity index (χ0v) is 10.3. The van der Waals surface area contributed by atoms with Crippen molar-refractivity contribution in [3.63, 3.8) is 0 Å². The van der Waals surface area contributed by atoms with Crippen molar-refractivity contribution in [3.05, 3.63) is 35.9 Å². The third-order valence-electron chi connectivity index (χ3n) is 2.28.